The number of unbranched alkanes of at least 4 members (excludes halogenated alkanes) is 2. The third-order valence-electron chi connectivity index (χ3n) is 7.31. The molecule has 0 spiro atoms. The molecule has 1 aromatic heterocycles. The smallest absolute Gasteiger partial charge is 0.323 e. The van der Waals surface area contributed by atoms with Gasteiger partial charge >= 0.3 is 17.9 Å². The van der Waals surface area contributed by atoms with E-state index in [0.29, 0.717) is 29.7 Å². The molecule has 236 valence electrons. The van der Waals surface area contributed by atoms with E-state index in [1.54, 1.807) is 6.07 Å². The number of amides is 2. The summed E-state index contributed by atoms with van der Waals surface area (Å²) in [6, 6.07) is 25.1. The molecule has 46 heavy (non-hydrogen) atoms. The van der Waals surface area contributed by atoms with Gasteiger partial charge in [0.2, 0.25) is 5.91 Å². The van der Waals surface area contributed by atoms with E-state index in [9.17, 15) is 29.2 Å². The highest BCUT2D eigenvalue weighted by molar-refractivity contribution is 6.10. The fraction of sp³-hybridized carbons (Fsp3) is 0.235. The molecule has 0 aliphatic carbocycles. The maximum absolute atomic E-state index is 13.7. The predicted molar refractivity (Wildman–Crippen MR) is 169 cm³/mol. The van der Waals surface area contributed by atoms with Crippen LogP contribution in [0.1, 0.15) is 31.2 Å². The van der Waals surface area contributed by atoms with Crippen LogP contribution in [0.4, 0.5) is 0 Å². The number of nitrogens with zero attached hydrogens (tertiary/aromatic N) is 4. The van der Waals surface area contributed by atoms with Crippen LogP contribution in [0.25, 0.3) is 33.6 Å². The topological polar surface area (TPSA) is 181 Å². The summed E-state index contributed by atoms with van der Waals surface area (Å²) in [6.45, 7) is -2.48. The first kappa shape index (κ1) is 32.9. The Labute approximate surface area is 264 Å². The van der Waals surface area contributed by atoms with Gasteiger partial charge in [-0.3, -0.25) is 24.0 Å². The first-order valence-electron chi connectivity index (χ1n) is 14.5. The Morgan fingerprint density at radius 1 is 0.717 bits per heavy atom. The molecule has 4 aromatic rings. The number of carbonyl (C=O) groups excluding carboxylic acids is 2. The number of carbonyl (C=O) groups is 5. The largest absolute Gasteiger partial charge is 0.481 e. The molecule has 0 atom stereocenters. The lowest BCUT2D eigenvalue weighted by atomic mass is 10.1. The van der Waals surface area contributed by atoms with Crippen molar-refractivity contribution in [2.75, 3.05) is 26.2 Å². The maximum Gasteiger partial charge on any atom is 0.323 e. The first-order valence-corrected chi connectivity index (χ1v) is 14.5. The van der Waals surface area contributed by atoms with Crippen molar-refractivity contribution in [2.24, 2.45) is 0 Å². The molecular formula is C34H32N4O8. The van der Waals surface area contributed by atoms with Gasteiger partial charge in [-0.2, -0.15) is 5.26 Å². The van der Waals surface area contributed by atoms with Crippen LogP contribution < -0.4 is 0 Å². The van der Waals surface area contributed by atoms with E-state index in [2.05, 4.69) is 4.57 Å². The lowest BCUT2D eigenvalue weighted by molar-refractivity contribution is -0.150. The molecule has 12 nitrogen and oxygen atoms in total. The van der Waals surface area contributed by atoms with Gasteiger partial charge in [-0.05, 0) is 54.8 Å². The van der Waals surface area contributed by atoms with Crippen molar-refractivity contribution in [1.82, 2.24) is 14.4 Å². The molecule has 0 aliphatic rings. The molecular weight excluding hydrogens is 592 g/mol. The zero-order chi connectivity index (χ0) is 33.2. The lowest BCUT2D eigenvalue weighted by Gasteiger charge is -2.26. The third kappa shape index (κ3) is 8.15. The Balaban J connectivity index is 1.67. The molecule has 3 N–H and O–H groups in total. The van der Waals surface area contributed by atoms with Crippen LogP contribution in [0, 0.1) is 11.3 Å². The number of benzene rings is 3. The summed E-state index contributed by atoms with van der Waals surface area (Å²) >= 11 is 0. The van der Waals surface area contributed by atoms with E-state index in [4.69, 9.17) is 15.3 Å². The van der Waals surface area contributed by atoms with Crippen LogP contribution in [-0.2, 0) is 24.0 Å². The second kappa shape index (κ2) is 15.2. The van der Waals surface area contributed by atoms with Crippen molar-refractivity contribution in [2.45, 2.75) is 25.7 Å². The second-order valence-electron chi connectivity index (χ2n) is 10.6. The first-order chi connectivity index (χ1) is 22.1. The summed E-state index contributed by atoms with van der Waals surface area (Å²) in [6.07, 6.45) is 2.36. The molecule has 4 rings (SSSR count). The summed E-state index contributed by atoms with van der Waals surface area (Å²) in [7, 11) is 0. The van der Waals surface area contributed by atoms with Crippen molar-refractivity contribution >= 4 is 57.6 Å². The van der Waals surface area contributed by atoms with Crippen molar-refractivity contribution in [3.63, 3.8) is 0 Å². The summed E-state index contributed by atoms with van der Waals surface area (Å²) in [5.74, 6) is -5.55. The molecule has 0 aliphatic heterocycles. The minimum Gasteiger partial charge on any atom is -0.481 e. The number of aliphatic carboxylic acids is 3. The number of hydrogen-bond donors (Lipinski definition) is 3. The van der Waals surface area contributed by atoms with E-state index in [-0.39, 0.29) is 18.5 Å². The van der Waals surface area contributed by atoms with Crippen LogP contribution in [0.2, 0.25) is 0 Å². The van der Waals surface area contributed by atoms with Gasteiger partial charge in [0.15, 0.2) is 0 Å². The summed E-state index contributed by atoms with van der Waals surface area (Å²) in [4.78, 5) is 61.7. The second-order valence-corrected chi connectivity index (χ2v) is 10.6. The Bertz CT molecular complexity index is 1840. The molecule has 1 heterocycles. The SMILES string of the molecule is N#C/C(=C\c1ccc2c(c1)c1ccccc1n2-c1ccccc1)C(=O)N(CCCCCC(=O)O)CC(=O)N(CC(=O)O)CC(=O)O. The zero-order valence-electron chi connectivity index (χ0n) is 24.8. The number of carboxylic acid groups (broad SMARTS) is 3. The normalized spacial score (nSPS) is 11.2. The highest BCUT2D eigenvalue weighted by Gasteiger charge is 2.26. The molecule has 0 bridgehead atoms. The minimum absolute atomic E-state index is 0.0409. The number of nitriles is 1. The lowest BCUT2D eigenvalue weighted by Crippen LogP contribution is -2.47. The molecule has 3 aromatic carbocycles. The van der Waals surface area contributed by atoms with E-state index in [1.165, 1.54) is 6.08 Å². The average molecular weight is 625 g/mol. The Morgan fingerprint density at radius 2 is 1.37 bits per heavy atom. The van der Waals surface area contributed by atoms with Gasteiger partial charge in [0, 0.05) is 29.4 Å². The molecule has 0 saturated heterocycles. The number of aromatic nitrogens is 1. The van der Waals surface area contributed by atoms with Crippen molar-refractivity contribution in [3.8, 4) is 11.8 Å². The predicted octanol–water partition coefficient (Wildman–Crippen LogP) is 4.16. The number of fused-ring (bicyclic) bond motifs is 3. The fourth-order valence-electron chi connectivity index (χ4n) is 5.24. The van der Waals surface area contributed by atoms with Gasteiger partial charge in [-0.1, -0.05) is 48.9 Å². The monoisotopic (exact) mass is 624 g/mol. The Kier molecular flexibility index (Phi) is 10.9. The summed E-state index contributed by atoms with van der Waals surface area (Å²) in [5.41, 5.74) is 3.13. The zero-order valence-corrected chi connectivity index (χ0v) is 24.8. The van der Waals surface area contributed by atoms with E-state index >= 15 is 0 Å². The van der Waals surface area contributed by atoms with Gasteiger partial charge in [-0.25, -0.2) is 0 Å². The minimum atomic E-state index is -1.43. The molecule has 0 radical (unpaired) electrons. The standard InChI is InChI=1S/C34H32N4O8/c35-19-24(34(46)36(16-8-2-5-13-31(40)41)20-30(39)37(21-32(42)43)22-33(44)45)17-23-14-15-29-27(18-23)26-11-6-7-12-28(26)38(29)25-9-3-1-4-10-25/h1,3-4,6-7,9-12,14-15,17-18H,2,5,8,13,16,20-22H2,(H,40,41)(H,42,43)(H,44,45)/b24-17+. The van der Waals surface area contributed by atoms with E-state index in [1.807, 2.05) is 72.8 Å². The van der Waals surface area contributed by atoms with Gasteiger partial charge in [0.05, 0.1) is 11.0 Å². The number of hydrogen-bond acceptors (Lipinski definition) is 6. The van der Waals surface area contributed by atoms with Crippen LogP contribution in [0.5, 0.6) is 0 Å². The van der Waals surface area contributed by atoms with Crippen LogP contribution >= 0.6 is 0 Å². The number of rotatable bonds is 15. The van der Waals surface area contributed by atoms with Gasteiger partial charge in [0.25, 0.3) is 5.91 Å². The molecule has 0 fully saturated rings. The van der Waals surface area contributed by atoms with Crippen LogP contribution in [-0.4, -0.2) is 85.6 Å². The van der Waals surface area contributed by atoms with Crippen LogP contribution in [0.3, 0.4) is 0 Å². The maximum atomic E-state index is 13.7. The van der Waals surface area contributed by atoms with Crippen LogP contribution in [0.15, 0.2) is 78.4 Å². The summed E-state index contributed by atoms with van der Waals surface area (Å²) < 4.78 is 2.12. The highest BCUT2D eigenvalue weighted by atomic mass is 16.4. The molecule has 0 saturated carbocycles. The third-order valence-corrected chi connectivity index (χ3v) is 7.31. The van der Waals surface area contributed by atoms with Crippen molar-refractivity contribution in [1.29, 1.82) is 5.26 Å². The van der Waals surface area contributed by atoms with E-state index < -0.39 is 49.4 Å². The Morgan fingerprint density at radius 3 is 2.02 bits per heavy atom. The van der Waals surface area contributed by atoms with E-state index in [0.717, 1.165) is 32.4 Å². The van der Waals surface area contributed by atoms with Crippen molar-refractivity contribution < 1.29 is 39.3 Å². The molecule has 12 heteroatoms. The van der Waals surface area contributed by atoms with Gasteiger partial charge in [-0.15, -0.1) is 0 Å². The number of carboxylic acids is 3. The van der Waals surface area contributed by atoms with Gasteiger partial charge in [0.1, 0.15) is 31.3 Å². The van der Waals surface area contributed by atoms with Gasteiger partial charge < -0.3 is 29.7 Å². The van der Waals surface area contributed by atoms with Crippen molar-refractivity contribution in [3.05, 3.63) is 83.9 Å². The summed E-state index contributed by atoms with van der Waals surface area (Å²) in [5, 5.41) is 39.1. The molecule has 2 amide bonds. The fourth-order valence-corrected chi connectivity index (χ4v) is 5.24. The number of para-hydroxylation sites is 2. The average Bonchev–Trinajstić information content (AvgIpc) is 3.35. The highest BCUT2D eigenvalue weighted by Crippen LogP contribution is 2.33. The quantitative estimate of drug-likeness (QED) is 0.0994. The molecule has 0 unspecified atom stereocenters. The Hall–Kier alpha value is -5.96.